The fourth-order valence-electron chi connectivity index (χ4n) is 4.33. The lowest BCUT2D eigenvalue weighted by Crippen LogP contribution is -2.50. The standard InChI is InChI=1S/C27H23Br2N3O5S/c1-17-23-14-21(8-11-24(23)37-26(17)27(34)31-13-12-30-25(33)16-31)32(15-18-2-4-19(28)5-3-18)38(35,36)22-9-6-20(29)7-10-22/h2-11,14H,12-13,15-16H2,1H3,(H,30,33). The first-order valence-electron chi connectivity index (χ1n) is 11.8. The van der Waals surface area contributed by atoms with Gasteiger partial charge in [-0.05, 0) is 67.1 Å². The molecule has 4 aromatic rings. The number of fused-ring (bicyclic) bond motifs is 1. The van der Waals surface area contributed by atoms with Crippen LogP contribution in [0.4, 0.5) is 5.69 Å². The molecule has 0 radical (unpaired) electrons. The van der Waals surface area contributed by atoms with Gasteiger partial charge in [-0.3, -0.25) is 13.9 Å². The van der Waals surface area contributed by atoms with E-state index >= 15 is 0 Å². The van der Waals surface area contributed by atoms with E-state index in [1.165, 1.54) is 9.21 Å². The predicted molar refractivity (Wildman–Crippen MR) is 152 cm³/mol. The Balaban J connectivity index is 1.57. The molecule has 0 aliphatic carbocycles. The molecule has 1 aliphatic rings. The highest BCUT2D eigenvalue weighted by Gasteiger charge is 2.29. The zero-order valence-electron chi connectivity index (χ0n) is 20.3. The van der Waals surface area contributed by atoms with E-state index in [9.17, 15) is 18.0 Å². The molecule has 2 amide bonds. The number of rotatable bonds is 6. The highest BCUT2D eigenvalue weighted by atomic mass is 79.9. The van der Waals surface area contributed by atoms with Crippen LogP contribution >= 0.6 is 31.9 Å². The summed E-state index contributed by atoms with van der Waals surface area (Å²) in [6, 6.07) is 19.0. The summed E-state index contributed by atoms with van der Waals surface area (Å²) in [6.45, 7) is 2.59. The molecule has 11 heteroatoms. The number of hydrogen-bond donors (Lipinski definition) is 1. The maximum atomic E-state index is 13.9. The van der Waals surface area contributed by atoms with Crippen molar-refractivity contribution in [3.05, 3.63) is 92.6 Å². The molecule has 196 valence electrons. The van der Waals surface area contributed by atoms with Gasteiger partial charge in [0.1, 0.15) is 12.1 Å². The molecular formula is C27H23Br2N3O5S. The normalized spacial score (nSPS) is 14.0. The smallest absolute Gasteiger partial charge is 0.290 e. The van der Waals surface area contributed by atoms with Crippen LogP contribution in [0.1, 0.15) is 21.7 Å². The summed E-state index contributed by atoms with van der Waals surface area (Å²) in [5, 5.41) is 3.33. The average molecular weight is 661 g/mol. The van der Waals surface area contributed by atoms with Crippen molar-refractivity contribution in [3.8, 4) is 0 Å². The number of nitrogens with zero attached hydrogens (tertiary/aromatic N) is 2. The molecule has 0 unspecified atom stereocenters. The molecule has 5 rings (SSSR count). The summed E-state index contributed by atoms with van der Waals surface area (Å²) in [5.41, 5.74) is 2.28. The number of amides is 2. The van der Waals surface area contributed by atoms with Crippen LogP contribution < -0.4 is 9.62 Å². The highest BCUT2D eigenvalue weighted by Crippen LogP contribution is 2.33. The summed E-state index contributed by atoms with van der Waals surface area (Å²) in [5.74, 6) is -0.450. The van der Waals surface area contributed by atoms with E-state index in [1.807, 2.05) is 24.3 Å². The number of benzene rings is 3. The van der Waals surface area contributed by atoms with Crippen LogP contribution in [0, 0.1) is 6.92 Å². The van der Waals surface area contributed by atoms with E-state index in [2.05, 4.69) is 37.2 Å². The van der Waals surface area contributed by atoms with Gasteiger partial charge in [0.2, 0.25) is 5.91 Å². The van der Waals surface area contributed by atoms with Gasteiger partial charge in [-0.1, -0.05) is 44.0 Å². The van der Waals surface area contributed by atoms with Crippen LogP contribution in [-0.4, -0.2) is 44.8 Å². The number of piperazine rings is 1. The molecule has 0 spiro atoms. The number of hydrogen-bond acceptors (Lipinski definition) is 5. The number of furan rings is 1. The molecule has 0 saturated carbocycles. The zero-order valence-corrected chi connectivity index (χ0v) is 24.3. The van der Waals surface area contributed by atoms with Crippen LogP contribution in [0.3, 0.4) is 0 Å². The number of sulfonamides is 1. The Morgan fingerprint density at radius 1 is 1.03 bits per heavy atom. The van der Waals surface area contributed by atoms with Crippen LogP contribution in [0.15, 0.2) is 85.0 Å². The number of aryl methyl sites for hydroxylation is 1. The molecule has 8 nitrogen and oxygen atoms in total. The molecule has 38 heavy (non-hydrogen) atoms. The number of anilines is 1. The Morgan fingerprint density at radius 2 is 1.68 bits per heavy atom. The maximum absolute atomic E-state index is 13.9. The summed E-state index contributed by atoms with van der Waals surface area (Å²) < 4.78 is 36.6. The summed E-state index contributed by atoms with van der Waals surface area (Å²) in [7, 11) is -3.94. The first kappa shape index (κ1) is 26.5. The van der Waals surface area contributed by atoms with Crippen LogP contribution in [-0.2, 0) is 21.4 Å². The SMILES string of the molecule is Cc1c(C(=O)N2CCNC(=O)C2)oc2ccc(N(Cc3ccc(Br)cc3)S(=O)(=O)c3ccc(Br)cc3)cc12. The number of nitrogens with one attached hydrogen (secondary N) is 1. The maximum Gasteiger partial charge on any atom is 0.290 e. The molecule has 3 aromatic carbocycles. The molecule has 2 heterocycles. The Labute approximate surface area is 236 Å². The summed E-state index contributed by atoms with van der Waals surface area (Å²) in [4.78, 5) is 26.5. The fraction of sp³-hybridized carbons (Fsp3) is 0.185. The Kier molecular flexibility index (Phi) is 7.34. The lowest BCUT2D eigenvalue weighted by Gasteiger charge is -2.25. The van der Waals surface area contributed by atoms with Crippen molar-refractivity contribution in [1.82, 2.24) is 10.2 Å². The van der Waals surface area contributed by atoms with Crippen LogP contribution in [0.5, 0.6) is 0 Å². The third kappa shape index (κ3) is 5.23. The van der Waals surface area contributed by atoms with Gasteiger partial charge in [0, 0.05) is 33.0 Å². The fourth-order valence-corrected chi connectivity index (χ4v) is 6.30. The van der Waals surface area contributed by atoms with Crippen molar-refractivity contribution in [3.63, 3.8) is 0 Å². The van der Waals surface area contributed by atoms with Gasteiger partial charge < -0.3 is 14.6 Å². The van der Waals surface area contributed by atoms with E-state index in [-0.39, 0.29) is 35.6 Å². The Hall–Kier alpha value is -3.15. The minimum absolute atomic E-state index is 0.0348. The van der Waals surface area contributed by atoms with E-state index in [4.69, 9.17) is 4.42 Å². The quantitative estimate of drug-likeness (QED) is 0.305. The number of carbonyl (C=O) groups excluding carboxylic acids is 2. The highest BCUT2D eigenvalue weighted by molar-refractivity contribution is 9.10. The van der Waals surface area contributed by atoms with Crippen molar-refractivity contribution >= 4 is 70.4 Å². The lowest BCUT2D eigenvalue weighted by atomic mass is 10.1. The molecule has 1 N–H and O–H groups in total. The molecule has 0 bridgehead atoms. The van der Waals surface area contributed by atoms with Gasteiger partial charge in [0.25, 0.3) is 15.9 Å². The molecule has 1 saturated heterocycles. The average Bonchev–Trinajstić information content (AvgIpc) is 3.23. The predicted octanol–water partition coefficient (Wildman–Crippen LogP) is 5.23. The second-order valence-corrected chi connectivity index (χ2v) is 12.6. The molecule has 1 fully saturated rings. The van der Waals surface area contributed by atoms with Crippen LogP contribution in [0.2, 0.25) is 0 Å². The van der Waals surface area contributed by atoms with Crippen molar-refractivity contribution < 1.29 is 22.4 Å². The van der Waals surface area contributed by atoms with E-state index in [0.29, 0.717) is 35.3 Å². The van der Waals surface area contributed by atoms with E-state index in [1.54, 1.807) is 49.4 Å². The largest absolute Gasteiger partial charge is 0.451 e. The topological polar surface area (TPSA) is 99.9 Å². The van der Waals surface area contributed by atoms with Crippen molar-refractivity contribution in [2.75, 3.05) is 23.9 Å². The second-order valence-electron chi connectivity index (χ2n) is 8.91. The second kappa shape index (κ2) is 10.5. The zero-order chi connectivity index (χ0) is 27.0. The summed E-state index contributed by atoms with van der Waals surface area (Å²) >= 11 is 6.78. The van der Waals surface area contributed by atoms with Gasteiger partial charge in [0.15, 0.2) is 5.76 Å². The van der Waals surface area contributed by atoms with Gasteiger partial charge in [0.05, 0.1) is 17.1 Å². The molecule has 1 aliphatic heterocycles. The molecule has 1 aromatic heterocycles. The van der Waals surface area contributed by atoms with Gasteiger partial charge in [-0.2, -0.15) is 0 Å². The molecule has 0 atom stereocenters. The van der Waals surface area contributed by atoms with Crippen molar-refractivity contribution in [2.24, 2.45) is 0 Å². The Morgan fingerprint density at radius 3 is 2.34 bits per heavy atom. The number of halogens is 2. The van der Waals surface area contributed by atoms with E-state index in [0.717, 1.165) is 14.5 Å². The first-order valence-corrected chi connectivity index (χ1v) is 14.8. The monoisotopic (exact) mass is 659 g/mol. The summed E-state index contributed by atoms with van der Waals surface area (Å²) in [6.07, 6.45) is 0. The lowest BCUT2D eigenvalue weighted by molar-refractivity contribution is -0.123. The van der Waals surface area contributed by atoms with Crippen LogP contribution in [0.25, 0.3) is 11.0 Å². The molecular weight excluding hydrogens is 638 g/mol. The minimum Gasteiger partial charge on any atom is -0.451 e. The van der Waals surface area contributed by atoms with Gasteiger partial charge >= 0.3 is 0 Å². The van der Waals surface area contributed by atoms with E-state index < -0.39 is 10.0 Å². The van der Waals surface area contributed by atoms with Gasteiger partial charge in [-0.15, -0.1) is 0 Å². The minimum atomic E-state index is -3.94. The third-order valence-electron chi connectivity index (χ3n) is 6.37. The van der Waals surface area contributed by atoms with Gasteiger partial charge in [-0.25, -0.2) is 8.42 Å². The third-order valence-corrected chi connectivity index (χ3v) is 9.21. The Bertz CT molecular complexity index is 1630. The van der Waals surface area contributed by atoms with Crippen molar-refractivity contribution in [1.29, 1.82) is 0 Å². The number of carbonyl (C=O) groups is 2. The first-order chi connectivity index (χ1) is 18.1. The van der Waals surface area contributed by atoms with Crippen molar-refractivity contribution in [2.45, 2.75) is 18.4 Å².